The fourth-order valence-electron chi connectivity index (χ4n) is 2.75. The third kappa shape index (κ3) is 1.63. The van der Waals surface area contributed by atoms with Gasteiger partial charge in [0.15, 0.2) is 0 Å². The molecule has 17 heavy (non-hydrogen) atoms. The lowest BCUT2D eigenvalue weighted by Gasteiger charge is -2.18. The first-order valence-corrected chi connectivity index (χ1v) is 5.93. The monoisotopic (exact) mass is 234 g/mol. The Kier molecular flexibility index (Phi) is 2.40. The molecule has 1 N–H and O–H groups in total. The van der Waals surface area contributed by atoms with Gasteiger partial charge in [0.2, 0.25) is 5.67 Å². The Bertz CT molecular complexity index is 436. The second kappa shape index (κ2) is 3.81. The van der Waals surface area contributed by atoms with E-state index in [2.05, 4.69) is 5.32 Å². The maximum Gasteiger partial charge on any atom is 0.262 e. The van der Waals surface area contributed by atoms with E-state index < -0.39 is 5.67 Å². The van der Waals surface area contributed by atoms with Crippen molar-refractivity contribution >= 4 is 5.91 Å². The Morgan fingerprint density at radius 2 is 2.18 bits per heavy atom. The van der Waals surface area contributed by atoms with Crippen LogP contribution in [0.25, 0.3) is 0 Å². The molecule has 1 amide bonds. The largest absolute Gasteiger partial charge is 0.335 e. The molecule has 4 heteroatoms. The van der Waals surface area contributed by atoms with E-state index in [1.54, 1.807) is 4.90 Å². The first kappa shape index (κ1) is 10.7. The van der Waals surface area contributed by atoms with E-state index in [-0.39, 0.29) is 18.4 Å². The molecule has 0 unspecified atom stereocenters. The summed E-state index contributed by atoms with van der Waals surface area (Å²) in [5, 5.41) is 2.96. The summed E-state index contributed by atoms with van der Waals surface area (Å²) in [5.41, 5.74) is -0.605. The number of nitrogens with one attached hydrogen (secondary N) is 1. The number of hydrogen-bond acceptors (Lipinski definition) is 2. The molecule has 0 saturated carbocycles. The van der Waals surface area contributed by atoms with Crippen molar-refractivity contribution in [3.63, 3.8) is 0 Å². The summed E-state index contributed by atoms with van der Waals surface area (Å²) in [6.45, 7) is 1.81. The van der Waals surface area contributed by atoms with Crippen LogP contribution < -0.4 is 5.32 Å². The summed E-state index contributed by atoms with van der Waals surface area (Å²) < 4.78 is 14.4. The SMILES string of the molecule is O=C1N(Cc2ccccc2)C[C@@H]2CNC[C@]12F. The molecule has 0 aliphatic carbocycles. The summed E-state index contributed by atoms with van der Waals surface area (Å²) in [4.78, 5) is 13.7. The lowest BCUT2D eigenvalue weighted by atomic mass is 9.97. The highest BCUT2D eigenvalue weighted by Crippen LogP contribution is 2.36. The van der Waals surface area contributed by atoms with Gasteiger partial charge in [0.05, 0.1) is 0 Å². The minimum Gasteiger partial charge on any atom is -0.335 e. The van der Waals surface area contributed by atoms with Crippen LogP contribution in [0, 0.1) is 5.92 Å². The maximum atomic E-state index is 14.4. The molecule has 1 aromatic rings. The number of likely N-dealkylation sites (tertiary alicyclic amines) is 1. The number of carbonyl (C=O) groups is 1. The van der Waals surface area contributed by atoms with Crippen LogP contribution in [0.1, 0.15) is 5.56 Å². The fraction of sp³-hybridized carbons (Fsp3) is 0.462. The molecule has 2 aliphatic rings. The summed E-state index contributed by atoms with van der Waals surface area (Å²) in [6, 6.07) is 9.73. The van der Waals surface area contributed by atoms with Crippen LogP contribution >= 0.6 is 0 Å². The van der Waals surface area contributed by atoms with Crippen LogP contribution in [-0.2, 0) is 11.3 Å². The predicted molar refractivity (Wildman–Crippen MR) is 62.1 cm³/mol. The summed E-state index contributed by atoms with van der Waals surface area (Å²) in [7, 11) is 0. The Balaban J connectivity index is 1.77. The van der Waals surface area contributed by atoms with Gasteiger partial charge in [-0.2, -0.15) is 0 Å². The minimum absolute atomic E-state index is 0.168. The summed E-state index contributed by atoms with van der Waals surface area (Å²) in [5.74, 6) is -0.532. The zero-order valence-electron chi connectivity index (χ0n) is 9.53. The highest BCUT2D eigenvalue weighted by Gasteiger charge is 2.57. The number of hydrogen-bond donors (Lipinski definition) is 1. The second-order valence-electron chi connectivity index (χ2n) is 4.86. The van der Waals surface area contributed by atoms with Crippen LogP contribution in [0.15, 0.2) is 30.3 Å². The molecule has 0 aromatic heterocycles. The van der Waals surface area contributed by atoms with Crippen molar-refractivity contribution in [2.75, 3.05) is 19.6 Å². The smallest absolute Gasteiger partial charge is 0.262 e. The van der Waals surface area contributed by atoms with Crippen molar-refractivity contribution in [1.29, 1.82) is 0 Å². The number of alkyl halides is 1. The molecule has 90 valence electrons. The van der Waals surface area contributed by atoms with Gasteiger partial charge in [-0.3, -0.25) is 4.79 Å². The van der Waals surface area contributed by atoms with Gasteiger partial charge >= 0.3 is 0 Å². The van der Waals surface area contributed by atoms with Gasteiger partial charge in [0.25, 0.3) is 5.91 Å². The van der Waals surface area contributed by atoms with Crippen molar-refractivity contribution in [2.45, 2.75) is 12.2 Å². The number of carbonyl (C=O) groups excluding carboxylic acids is 1. The Hall–Kier alpha value is -1.42. The van der Waals surface area contributed by atoms with Crippen LogP contribution in [0.5, 0.6) is 0 Å². The Labute approximate surface area is 99.6 Å². The van der Waals surface area contributed by atoms with E-state index in [0.717, 1.165) is 5.56 Å². The standard InChI is InChI=1S/C13H15FN2O/c14-13-9-15-6-11(13)8-16(12(13)17)7-10-4-2-1-3-5-10/h1-5,11,15H,6-9H2/t11-,13+/m0/s1. The van der Waals surface area contributed by atoms with Gasteiger partial charge in [-0.05, 0) is 5.56 Å². The molecule has 2 heterocycles. The summed E-state index contributed by atoms with van der Waals surface area (Å²) >= 11 is 0. The van der Waals surface area contributed by atoms with Gasteiger partial charge in [-0.1, -0.05) is 30.3 Å². The summed E-state index contributed by atoms with van der Waals surface area (Å²) in [6.07, 6.45) is 0. The Morgan fingerprint density at radius 3 is 2.88 bits per heavy atom. The van der Waals surface area contributed by atoms with Crippen LogP contribution in [0.2, 0.25) is 0 Å². The van der Waals surface area contributed by atoms with E-state index in [4.69, 9.17) is 0 Å². The molecule has 3 rings (SSSR count). The van der Waals surface area contributed by atoms with Gasteiger partial charge in [0.1, 0.15) is 0 Å². The predicted octanol–water partition coefficient (Wildman–Crippen LogP) is 0.957. The molecular weight excluding hydrogens is 219 g/mol. The van der Waals surface area contributed by atoms with E-state index in [9.17, 15) is 9.18 Å². The fourth-order valence-corrected chi connectivity index (χ4v) is 2.75. The normalized spacial score (nSPS) is 31.9. The van der Waals surface area contributed by atoms with Crippen molar-refractivity contribution in [3.05, 3.63) is 35.9 Å². The lowest BCUT2D eigenvalue weighted by molar-refractivity contribution is -0.137. The number of benzene rings is 1. The van der Waals surface area contributed by atoms with Crippen LogP contribution in [-0.4, -0.2) is 36.1 Å². The first-order valence-electron chi connectivity index (χ1n) is 5.93. The van der Waals surface area contributed by atoms with Crippen molar-refractivity contribution in [1.82, 2.24) is 10.2 Å². The molecule has 0 radical (unpaired) electrons. The second-order valence-corrected chi connectivity index (χ2v) is 4.86. The highest BCUT2D eigenvalue weighted by atomic mass is 19.1. The molecule has 3 nitrogen and oxygen atoms in total. The number of amides is 1. The maximum absolute atomic E-state index is 14.4. The molecule has 0 spiro atoms. The molecule has 2 fully saturated rings. The van der Waals surface area contributed by atoms with E-state index >= 15 is 0 Å². The van der Waals surface area contributed by atoms with Gasteiger partial charge in [-0.15, -0.1) is 0 Å². The minimum atomic E-state index is -1.66. The van der Waals surface area contributed by atoms with Crippen molar-refractivity contribution in [3.8, 4) is 0 Å². The first-order chi connectivity index (χ1) is 8.20. The zero-order chi connectivity index (χ0) is 11.9. The van der Waals surface area contributed by atoms with E-state index in [1.807, 2.05) is 30.3 Å². The molecule has 1 aromatic carbocycles. The molecule has 2 saturated heterocycles. The van der Waals surface area contributed by atoms with E-state index in [0.29, 0.717) is 19.6 Å². The average molecular weight is 234 g/mol. The van der Waals surface area contributed by atoms with Crippen molar-refractivity contribution in [2.24, 2.45) is 5.92 Å². The molecular formula is C13H15FN2O. The third-order valence-electron chi connectivity index (χ3n) is 3.72. The third-order valence-corrected chi connectivity index (χ3v) is 3.72. The average Bonchev–Trinajstić information content (AvgIpc) is 2.80. The number of nitrogens with zero attached hydrogens (tertiary/aromatic N) is 1. The zero-order valence-corrected chi connectivity index (χ0v) is 9.53. The molecule has 0 bridgehead atoms. The quantitative estimate of drug-likeness (QED) is 0.826. The van der Waals surface area contributed by atoms with Crippen molar-refractivity contribution < 1.29 is 9.18 Å². The van der Waals surface area contributed by atoms with Crippen LogP contribution in [0.4, 0.5) is 4.39 Å². The van der Waals surface area contributed by atoms with Gasteiger partial charge in [0, 0.05) is 32.1 Å². The van der Waals surface area contributed by atoms with Crippen LogP contribution in [0.3, 0.4) is 0 Å². The molecule has 2 atom stereocenters. The topological polar surface area (TPSA) is 32.3 Å². The number of halogens is 1. The number of fused-ring (bicyclic) bond motifs is 1. The van der Waals surface area contributed by atoms with Gasteiger partial charge in [-0.25, -0.2) is 4.39 Å². The molecule has 2 aliphatic heterocycles. The Morgan fingerprint density at radius 1 is 1.41 bits per heavy atom. The lowest BCUT2D eigenvalue weighted by Crippen LogP contribution is -2.40. The van der Waals surface area contributed by atoms with Gasteiger partial charge < -0.3 is 10.2 Å². The van der Waals surface area contributed by atoms with E-state index in [1.165, 1.54) is 0 Å². The highest BCUT2D eigenvalue weighted by molar-refractivity contribution is 5.88. The number of rotatable bonds is 2.